The summed E-state index contributed by atoms with van der Waals surface area (Å²) in [6.07, 6.45) is 16.2. The second kappa shape index (κ2) is 24.9. The molecule has 2 fully saturated rings. The second-order valence-corrected chi connectivity index (χ2v) is 17.5. The molecule has 0 spiro atoms. The van der Waals surface area contributed by atoms with Gasteiger partial charge in [-0.05, 0) is 154 Å². The molecular weight excluding hydrogens is 749 g/mol. The maximum Gasteiger partial charge on any atom is 0.344 e. The van der Waals surface area contributed by atoms with Gasteiger partial charge in [0.1, 0.15) is 11.5 Å². The van der Waals surface area contributed by atoms with Gasteiger partial charge in [0.05, 0.1) is 31.0 Å². The highest BCUT2D eigenvalue weighted by Crippen LogP contribution is 2.50. The minimum atomic E-state index is -0.349. The van der Waals surface area contributed by atoms with Crippen molar-refractivity contribution < 1.29 is 49.0 Å². The average Bonchev–Trinajstić information content (AvgIpc) is 3.69. The molecule has 0 bridgehead atoms. The third-order valence-corrected chi connectivity index (χ3v) is 13.6. The Morgan fingerprint density at radius 2 is 1.20 bits per heavy atom. The minimum absolute atomic E-state index is 0. The van der Waals surface area contributed by atoms with E-state index in [1.54, 1.807) is 6.92 Å². The fourth-order valence-corrected chi connectivity index (χ4v) is 10.7. The Morgan fingerprint density at radius 3 is 1.66 bits per heavy atom. The molecule has 0 amide bonds. The first-order valence-electron chi connectivity index (χ1n) is 22.6. The van der Waals surface area contributed by atoms with Gasteiger partial charge in [-0.3, -0.25) is 4.79 Å². The number of carbonyl (C=O) groups excluding carboxylic acids is 2. The summed E-state index contributed by atoms with van der Waals surface area (Å²) in [6.45, 7) is 6.73. The topological polar surface area (TPSA) is 152 Å². The summed E-state index contributed by atoms with van der Waals surface area (Å²) >= 11 is 0. The van der Waals surface area contributed by atoms with Crippen LogP contribution in [-0.4, -0.2) is 77.3 Å². The van der Waals surface area contributed by atoms with Crippen LogP contribution in [0.2, 0.25) is 0 Å². The van der Waals surface area contributed by atoms with Crippen LogP contribution in [-0.2, 0) is 44.7 Å². The molecule has 59 heavy (non-hydrogen) atoms. The van der Waals surface area contributed by atoms with Gasteiger partial charge in [0.15, 0.2) is 6.61 Å². The Balaban J connectivity index is 0.000000257. The number of esters is 1. The number of ether oxygens (including phenoxy) is 4. The van der Waals surface area contributed by atoms with E-state index in [-0.39, 0.29) is 63.0 Å². The van der Waals surface area contributed by atoms with E-state index in [0.717, 1.165) is 101 Å². The lowest BCUT2D eigenvalue weighted by Gasteiger charge is -2.32. The Bertz CT molecular complexity index is 1550. The normalized spacial score (nSPS) is 26.0. The number of carbonyl (C=O) groups is 2. The Labute approximate surface area is 354 Å². The monoisotopic (exact) mass is 825 g/mol. The molecule has 4 aliphatic rings. The molecular formula is C49H76O10. The maximum atomic E-state index is 11.7. The van der Waals surface area contributed by atoms with Gasteiger partial charge in [0.25, 0.3) is 6.47 Å². The van der Waals surface area contributed by atoms with Crippen molar-refractivity contribution >= 4 is 12.4 Å². The molecule has 4 aliphatic carbocycles. The molecule has 0 aliphatic heterocycles. The summed E-state index contributed by atoms with van der Waals surface area (Å²) in [4.78, 5) is 22.0. The van der Waals surface area contributed by atoms with Crippen molar-refractivity contribution in [3.63, 3.8) is 0 Å². The quantitative estimate of drug-likeness (QED) is 0.0395. The molecule has 6 rings (SSSR count). The highest BCUT2D eigenvalue weighted by Gasteiger charge is 2.46. The van der Waals surface area contributed by atoms with E-state index in [4.69, 9.17) is 14.2 Å². The smallest absolute Gasteiger partial charge is 0.344 e. The van der Waals surface area contributed by atoms with Crippen LogP contribution in [0.1, 0.15) is 140 Å². The summed E-state index contributed by atoms with van der Waals surface area (Å²) in [5, 5.41) is 42.1. The molecule has 2 aromatic carbocycles. The third-order valence-electron chi connectivity index (χ3n) is 13.6. The summed E-state index contributed by atoms with van der Waals surface area (Å²) in [5.41, 5.74) is 4.90. The summed E-state index contributed by atoms with van der Waals surface area (Å²) < 4.78 is 21.0. The van der Waals surface area contributed by atoms with Gasteiger partial charge in [-0.2, -0.15) is 0 Å². The number of hydrogen-bond acceptors (Lipinski definition) is 10. The predicted molar refractivity (Wildman–Crippen MR) is 230 cm³/mol. The van der Waals surface area contributed by atoms with Crippen LogP contribution in [0.25, 0.3) is 0 Å². The second-order valence-electron chi connectivity index (χ2n) is 17.5. The SMILES string of the molecule is C.CCCCC[C@H](O)CC[C@@H]1[C@H]2Cc3cccc(OCC(=O)OCC)c3C[C@H]2C[C@H]1O.CCCCC[C@H](O)CC[C@@H]1[C@H]2Cc3cccc(OCOC=O)c3C[C@H]2C[C@H]1O. The molecule has 10 nitrogen and oxygen atoms in total. The van der Waals surface area contributed by atoms with Crippen molar-refractivity contribution in [3.05, 3.63) is 58.7 Å². The molecule has 10 atom stereocenters. The van der Waals surface area contributed by atoms with E-state index >= 15 is 0 Å². The zero-order chi connectivity index (χ0) is 41.4. The molecule has 0 saturated heterocycles. The highest BCUT2D eigenvalue weighted by molar-refractivity contribution is 5.71. The lowest BCUT2D eigenvalue weighted by molar-refractivity contribution is -0.145. The third kappa shape index (κ3) is 13.7. The maximum absolute atomic E-state index is 11.7. The van der Waals surface area contributed by atoms with Gasteiger partial charge in [-0.1, -0.05) is 84.1 Å². The molecule has 0 heterocycles. The average molecular weight is 825 g/mol. The van der Waals surface area contributed by atoms with E-state index in [0.29, 0.717) is 36.8 Å². The highest BCUT2D eigenvalue weighted by atomic mass is 16.7. The van der Waals surface area contributed by atoms with Crippen molar-refractivity contribution in [1.29, 1.82) is 0 Å². The summed E-state index contributed by atoms with van der Waals surface area (Å²) in [7, 11) is 0. The standard InChI is InChI=1S/C25H38O5.C23H34O5.CH4/c1-3-5-6-9-19(26)11-12-20-21-13-17-8-7-10-24(30-16-25(28)29-4-2)22(17)14-18(21)15-23(20)27;1-2-3-4-7-18(25)9-10-19-20-11-16-6-5-8-23(28-15-27-14-24)21(16)12-17(20)13-22(19)26;/h7-8,10,18-21,23,26-27H,3-6,9,11-16H2,1-2H3;5-6,8,14,17-20,22,25-26H,2-4,7,9-13,15H2,1H3;1H4/t18-,19-,20+,21-,23+;17-,18-,19+,20-,22+;/m00./s1. The molecule has 2 saturated carbocycles. The Kier molecular flexibility index (Phi) is 20.5. The number of benzene rings is 2. The van der Waals surface area contributed by atoms with Crippen molar-refractivity contribution in [2.24, 2.45) is 35.5 Å². The van der Waals surface area contributed by atoms with Crippen LogP contribution in [0, 0.1) is 35.5 Å². The number of hydrogen-bond donors (Lipinski definition) is 4. The van der Waals surface area contributed by atoms with Crippen LogP contribution in [0.5, 0.6) is 11.5 Å². The lowest BCUT2D eigenvalue weighted by Crippen LogP contribution is -2.28. The van der Waals surface area contributed by atoms with Gasteiger partial charge in [0.2, 0.25) is 6.79 Å². The zero-order valence-electron chi connectivity index (χ0n) is 35.4. The van der Waals surface area contributed by atoms with Gasteiger partial charge >= 0.3 is 5.97 Å². The molecule has 0 radical (unpaired) electrons. The Morgan fingerprint density at radius 1 is 0.712 bits per heavy atom. The molecule has 10 heteroatoms. The molecule has 0 unspecified atom stereocenters. The van der Waals surface area contributed by atoms with E-state index < -0.39 is 0 Å². The molecule has 0 aromatic heterocycles. The first-order valence-corrected chi connectivity index (χ1v) is 22.6. The number of aliphatic hydroxyl groups excluding tert-OH is 4. The van der Waals surface area contributed by atoms with E-state index in [2.05, 4.69) is 30.7 Å². The largest absolute Gasteiger partial charge is 0.482 e. The van der Waals surface area contributed by atoms with Crippen LogP contribution < -0.4 is 9.47 Å². The zero-order valence-corrected chi connectivity index (χ0v) is 35.4. The molecule has 2 aromatic rings. The summed E-state index contributed by atoms with van der Waals surface area (Å²) in [6, 6.07) is 12.1. The van der Waals surface area contributed by atoms with Crippen LogP contribution in [0.3, 0.4) is 0 Å². The molecule has 4 N–H and O–H groups in total. The van der Waals surface area contributed by atoms with Crippen molar-refractivity contribution in [1.82, 2.24) is 0 Å². The van der Waals surface area contributed by atoms with Crippen molar-refractivity contribution in [2.45, 2.75) is 168 Å². The van der Waals surface area contributed by atoms with Crippen LogP contribution in [0.15, 0.2) is 36.4 Å². The number of rotatable bonds is 22. The number of aliphatic hydroxyl groups is 4. The van der Waals surface area contributed by atoms with Gasteiger partial charge in [0, 0.05) is 0 Å². The number of fused-ring (bicyclic) bond motifs is 4. The predicted octanol–water partition coefficient (Wildman–Crippen LogP) is 8.33. The summed E-state index contributed by atoms with van der Waals surface area (Å²) in [5.74, 6) is 3.52. The first-order chi connectivity index (χ1) is 28.2. The van der Waals surface area contributed by atoms with E-state index in [1.165, 1.54) is 47.9 Å². The van der Waals surface area contributed by atoms with Crippen molar-refractivity contribution in [2.75, 3.05) is 20.0 Å². The van der Waals surface area contributed by atoms with Crippen molar-refractivity contribution in [3.8, 4) is 11.5 Å². The lowest BCUT2D eigenvalue weighted by atomic mass is 9.73. The van der Waals surface area contributed by atoms with E-state index in [1.807, 2.05) is 24.3 Å². The van der Waals surface area contributed by atoms with Gasteiger partial charge in [-0.25, -0.2) is 4.79 Å². The van der Waals surface area contributed by atoms with Crippen LogP contribution in [0.4, 0.5) is 0 Å². The van der Waals surface area contributed by atoms with Gasteiger partial charge in [-0.15, -0.1) is 0 Å². The van der Waals surface area contributed by atoms with E-state index in [9.17, 15) is 30.0 Å². The number of unbranched alkanes of at least 4 members (excludes halogenated alkanes) is 4. The fraction of sp³-hybridized carbons (Fsp3) is 0.714. The fourth-order valence-electron chi connectivity index (χ4n) is 10.7. The first kappa shape index (κ1) is 48.5. The molecule has 332 valence electrons. The van der Waals surface area contributed by atoms with Gasteiger partial charge < -0.3 is 39.4 Å². The van der Waals surface area contributed by atoms with Crippen LogP contribution >= 0.6 is 0 Å². The minimum Gasteiger partial charge on any atom is -0.482 e. The Hall–Kier alpha value is -3.18.